The van der Waals surface area contributed by atoms with Crippen molar-refractivity contribution in [3.05, 3.63) is 107 Å². The Hall–Kier alpha value is -3.99. The van der Waals surface area contributed by atoms with Gasteiger partial charge in [-0.3, -0.25) is 9.78 Å². The molecule has 0 unspecified atom stereocenters. The molecule has 0 aliphatic rings. The Labute approximate surface area is 187 Å². The van der Waals surface area contributed by atoms with Crippen LogP contribution in [-0.4, -0.2) is 23.5 Å². The molecule has 4 rings (SSSR count). The number of hydrogen-bond acceptors (Lipinski definition) is 4. The third-order valence-corrected chi connectivity index (χ3v) is 5.18. The average Bonchev–Trinajstić information content (AvgIpc) is 2.79. The van der Waals surface area contributed by atoms with Crippen LogP contribution in [0.15, 0.2) is 78.9 Å². The van der Waals surface area contributed by atoms with Gasteiger partial charge in [0.05, 0.1) is 11.1 Å². The lowest BCUT2D eigenvalue weighted by Crippen LogP contribution is -2.21. The minimum absolute atomic E-state index is 0.368. The first-order valence-corrected chi connectivity index (χ1v) is 10.5. The number of hydrogen-bond donors (Lipinski definition) is 1. The molecule has 0 aliphatic heterocycles. The number of nitrogens with zero attached hydrogens (tertiary/aromatic N) is 1. The van der Waals surface area contributed by atoms with Gasteiger partial charge in [0.25, 0.3) is 5.91 Å². The Morgan fingerprint density at radius 2 is 1.66 bits per heavy atom. The van der Waals surface area contributed by atoms with Crippen molar-refractivity contribution in [1.29, 1.82) is 0 Å². The molecule has 1 N–H and O–H groups in total. The molecule has 5 heteroatoms. The monoisotopic (exact) mass is 424 g/mol. The number of anilines is 1. The van der Waals surface area contributed by atoms with Gasteiger partial charge in [-0.15, -0.1) is 0 Å². The lowest BCUT2D eigenvalue weighted by molar-refractivity contribution is -0.119. The third kappa shape index (κ3) is 5.01. The van der Waals surface area contributed by atoms with Gasteiger partial charge in [-0.25, -0.2) is 4.79 Å². The number of carbonyl (C=O) groups excluding carboxylic acids is 2. The Balaban J connectivity index is 1.45. The summed E-state index contributed by atoms with van der Waals surface area (Å²) in [5.74, 6) is -0.927. The summed E-state index contributed by atoms with van der Waals surface area (Å²) in [4.78, 5) is 29.8. The average molecular weight is 425 g/mol. The molecule has 1 heterocycles. The van der Waals surface area contributed by atoms with Crippen LogP contribution in [0.2, 0.25) is 0 Å². The number of nitrogens with one attached hydrogen (secondary N) is 1. The Morgan fingerprint density at radius 3 is 2.47 bits per heavy atom. The summed E-state index contributed by atoms with van der Waals surface area (Å²) < 4.78 is 5.34. The highest BCUT2D eigenvalue weighted by molar-refractivity contribution is 6.04. The highest BCUT2D eigenvalue weighted by atomic mass is 16.5. The number of aromatic nitrogens is 1. The molecule has 0 saturated carbocycles. The molecule has 32 heavy (non-hydrogen) atoms. The van der Waals surface area contributed by atoms with Crippen LogP contribution in [0.25, 0.3) is 10.9 Å². The number of pyridine rings is 1. The van der Waals surface area contributed by atoms with E-state index < -0.39 is 5.97 Å². The summed E-state index contributed by atoms with van der Waals surface area (Å²) in [5, 5.41) is 3.58. The number of ether oxygens (including phenoxy) is 1. The second-order valence-corrected chi connectivity index (χ2v) is 7.78. The molecule has 1 amide bonds. The third-order valence-electron chi connectivity index (χ3n) is 5.18. The van der Waals surface area contributed by atoms with E-state index in [9.17, 15) is 9.59 Å². The maximum Gasteiger partial charge on any atom is 0.339 e. The minimum atomic E-state index is -0.543. The summed E-state index contributed by atoms with van der Waals surface area (Å²) in [6.45, 7) is 3.41. The first kappa shape index (κ1) is 21.2. The van der Waals surface area contributed by atoms with Crippen molar-refractivity contribution in [3.8, 4) is 0 Å². The smallest absolute Gasteiger partial charge is 0.339 e. The van der Waals surface area contributed by atoms with Crippen molar-refractivity contribution in [1.82, 2.24) is 4.98 Å². The van der Waals surface area contributed by atoms with Gasteiger partial charge < -0.3 is 10.1 Å². The molecule has 0 aliphatic carbocycles. The van der Waals surface area contributed by atoms with Gasteiger partial charge in [0.2, 0.25) is 0 Å². The summed E-state index contributed by atoms with van der Waals surface area (Å²) >= 11 is 0. The van der Waals surface area contributed by atoms with E-state index in [1.807, 2.05) is 86.6 Å². The zero-order valence-corrected chi connectivity index (χ0v) is 18.1. The lowest BCUT2D eigenvalue weighted by atomic mass is 10.0. The van der Waals surface area contributed by atoms with Crippen LogP contribution in [0.3, 0.4) is 0 Å². The fraction of sp³-hybridized carbons (Fsp3) is 0.148. The standard InChI is InChI=1S/C27H24N2O3/c1-18-12-13-25-22(14-18)23(15-19(2)28-25)27(31)32-17-26(30)29-24-11-7-6-10-21(24)16-20-8-4-3-5-9-20/h3-15H,16-17H2,1-2H3,(H,29,30). The molecule has 1 aromatic heterocycles. The molecule has 0 atom stereocenters. The van der Waals surface area contributed by atoms with Crippen molar-refractivity contribution < 1.29 is 14.3 Å². The molecular weight excluding hydrogens is 400 g/mol. The number of amides is 1. The molecule has 0 radical (unpaired) electrons. The van der Waals surface area contributed by atoms with Gasteiger partial charge in [-0.2, -0.15) is 0 Å². The molecule has 4 aromatic rings. The number of fused-ring (bicyclic) bond motifs is 1. The molecule has 0 bridgehead atoms. The lowest BCUT2D eigenvalue weighted by Gasteiger charge is -2.12. The van der Waals surface area contributed by atoms with Gasteiger partial charge in [0, 0.05) is 16.8 Å². The zero-order valence-electron chi connectivity index (χ0n) is 18.1. The van der Waals surface area contributed by atoms with Crippen molar-refractivity contribution in [3.63, 3.8) is 0 Å². The predicted molar refractivity (Wildman–Crippen MR) is 126 cm³/mol. The molecular formula is C27H24N2O3. The van der Waals surface area contributed by atoms with Gasteiger partial charge in [-0.05, 0) is 55.7 Å². The Kier molecular flexibility index (Phi) is 6.26. The second-order valence-electron chi connectivity index (χ2n) is 7.78. The van der Waals surface area contributed by atoms with Gasteiger partial charge in [0.1, 0.15) is 0 Å². The van der Waals surface area contributed by atoms with Crippen LogP contribution in [-0.2, 0) is 16.0 Å². The zero-order chi connectivity index (χ0) is 22.5. The van der Waals surface area contributed by atoms with Crippen molar-refractivity contribution >= 4 is 28.5 Å². The first-order chi connectivity index (χ1) is 15.5. The van der Waals surface area contributed by atoms with Crippen molar-refractivity contribution in [2.24, 2.45) is 0 Å². The first-order valence-electron chi connectivity index (χ1n) is 10.5. The number of esters is 1. The normalized spacial score (nSPS) is 10.7. The van der Waals surface area contributed by atoms with Crippen molar-refractivity contribution in [2.45, 2.75) is 20.3 Å². The Bertz CT molecular complexity index is 1280. The molecule has 160 valence electrons. The fourth-order valence-corrected chi connectivity index (χ4v) is 3.65. The fourth-order valence-electron chi connectivity index (χ4n) is 3.65. The van der Waals surface area contributed by atoms with E-state index in [1.165, 1.54) is 0 Å². The second kappa shape index (κ2) is 9.43. The van der Waals surface area contributed by atoms with Crippen LogP contribution in [0, 0.1) is 13.8 Å². The van der Waals surface area contributed by atoms with Crippen LogP contribution < -0.4 is 5.32 Å². The van der Waals surface area contributed by atoms with Crippen LogP contribution in [0.4, 0.5) is 5.69 Å². The summed E-state index contributed by atoms with van der Waals surface area (Å²) in [6, 6.07) is 25.1. The predicted octanol–water partition coefficient (Wildman–Crippen LogP) is 5.24. The topological polar surface area (TPSA) is 68.3 Å². The maximum absolute atomic E-state index is 12.8. The molecule has 3 aromatic carbocycles. The molecule has 5 nitrogen and oxygen atoms in total. The summed E-state index contributed by atoms with van der Waals surface area (Å²) in [6.07, 6.45) is 0.693. The number of benzene rings is 3. The van der Waals surface area contributed by atoms with Gasteiger partial charge in [0.15, 0.2) is 6.61 Å². The molecule has 0 fully saturated rings. The SMILES string of the molecule is Cc1ccc2nc(C)cc(C(=O)OCC(=O)Nc3ccccc3Cc3ccccc3)c2c1. The van der Waals surface area contributed by atoms with Crippen molar-refractivity contribution in [2.75, 3.05) is 11.9 Å². The van der Waals surface area contributed by atoms with E-state index in [4.69, 9.17) is 4.74 Å². The van der Waals surface area contributed by atoms with E-state index in [-0.39, 0.29) is 12.5 Å². The molecule has 0 saturated heterocycles. The van der Waals surface area contributed by atoms with Crippen LogP contribution in [0.1, 0.15) is 32.7 Å². The summed E-state index contributed by atoms with van der Waals surface area (Å²) in [7, 11) is 0. The number of para-hydroxylation sites is 1. The highest BCUT2D eigenvalue weighted by Crippen LogP contribution is 2.22. The highest BCUT2D eigenvalue weighted by Gasteiger charge is 2.16. The van der Waals surface area contributed by atoms with Gasteiger partial charge in [-0.1, -0.05) is 60.2 Å². The quantitative estimate of drug-likeness (QED) is 0.430. The molecule has 0 spiro atoms. The largest absolute Gasteiger partial charge is 0.452 e. The van der Waals surface area contributed by atoms with E-state index in [0.717, 1.165) is 22.2 Å². The summed E-state index contributed by atoms with van der Waals surface area (Å²) in [5.41, 5.74) is 5.71. The van der Waals surface area contributed by atoms with E-state index in [0.29, 0.717) is 28.8 Å². The van der Waals surface area contributed by atoms with Crippen LogP contribution in [0.5, 0.6) is 0 Å². The van der Waals surface area contributed by atoms with E-state index in [2.05, 4.69) is 10.3 Å². The van der Waals surface area contributed by atoms with E-state index >= 15 is 0 Å². The Morgan fingerprint density at radius 1 is 0.906 bits per heavy atom. The number of rotatable bonds is 6. The number of aryl methyl sites for hydroxylation is 2. The van der Waals surface area contributed by atoms with Gasteiger partial charge >= 0.3 is 5.97 Å². The van der Waals surface area contributed by atoms with Crippen LogP contribution >= 0.6 is 0 Å². The number of carbonyl (C=O) groups is 2. The maximum atomic E-state index is 12.8. The minimum Gasteiger partial charge on any atom is -0.452 e. The van der Waals surface area contributed by atoms with E-state index in [1.54, 1.807) is 6.07 Å².